The van der Waals surface area contributed by atoms with Gasteiger partial charge in [-0.05, 0) is 26.0 Å². The molecule has 2 heterocycles. The summed E-state index contributed by atoms with van der Waals surface area (Å²) in [6, 6.07) is 8.93. The fourth-order valence-electron chi connectivity index (χ4n) is 2.21. The molecule has 0 aliphatic rings. The molecule has 0 saturated heterocycles. The van der Waals surface area contributed by atoms with Gasteiger partial charge in [0.1, 0.15) is 5.58 Å². The first-order valence-electron chi connectivity index (χ1n) is 7.30. The van der Waals surface area contributed by atoms with Gasteiger partial charge < -0.3 is 4.42 Å². The molecule has 2 aromatic heterocycles. The predicted octanol–water partition coefficient (Wildman–Crippen LogP) is 2.64. The minimum atomic E-state index is -0.487. The highest BCUT2D eigenvalue weighted by Crippen LogP contribution is 2.13. The Kier molecular flexibility index (Phi) is 4.52. The van der Waals surface area contributed by atoms with Gasteiger partial charge in [-0.15, -0.1) is 11.3 Å². The number of nitrogens with one attached hydrogen (secondary N) is 1. The molecule has 122 valence electrons. The van der Waals surface area contributed by atoms with Gasteiger partial charge in [0.25, 0.3) is 0 Å². The summed E-state index contributed by atoms with van der Waals surface area (Å²) >= 11 is 1.49. The van der Waals surface area contributed by atoms with Crippen molar-refractivity contribution in [3.63, 3.8) is 0 Å². The van der Waals surface area contributed by atoms with E-state index in [9.17, 15) is 9.59 Å². The van der Waals surface area contributed by atoms with Crippen molar-refractivity contribution in [3.05, 3.63) is 62.4 Å². The largest absolute Gasteiger partial charge is 0.422 e. The maximum Gasteiger partial charge on any atom is 0.345 e. The smallest absolute Gasteiger partial charge is 0.345 e. The van der Waals surface area contributed by atoms with E-state index in [1.165, 1.54) is 11.3 Å². The van der Waals surface area contributed by atoms with Crippen molar-refractivity contribution in [2.75, 3.05) is 0 Å². The van der Waals surface area contributed by atoms with Crippen LogP contribution in [0.3, 0.4) is 0 Å². The molecule has 1 N–H and O–H groups in total. The van der Waals surface area contributed by atoms with Gasteiger partial charge in [-0.3, -0.25) is 4.79 Å². The molecule has 1 aromatic carbocycles. The molecule has 0 saturated carbocycles. The molecule has 0 aliphatic carbocycles. The highest BCUT2D eigenvalue weighted by molar-refractivity contribution is 7.09. The van der Waals surface area contributed by atoms with Crippen LogP contribution in [0.2, 0.25) is 0 Å². The van der Waals surface area contributed by atoms with Crippen LogP contribution in [0.1, 0.15) is 23.2 Å². The van der Waals surface area contributed by atoms with Crippen LogP contribution in [-0.4, -0.2) is 16.6 Å². The van der Waals surface area contributed by atoms with Crippen LogP contribution >= 0.6 is 11.3 Å². The van der Waals surface area contributed by atoms with E-state index in [-0.39, 0.29) is 12.3 Å². The Morgan fingerprint density at radius 2 is 2.17 bits per heavy atom. The molecule has 0 unspecified atom stereocenters. The van der Waals surface area contributed by atoms with Crippen molar-refractivity contribution in [2.24, 2.45) is 5.10 Å². The number of hydrogen-bond acceptors (Lipinski definition) is 6. The van der Waals surface area contributed by atoms with E-state index in [1.54, 1.807) is 25.1 Å². The van der Waals surface area contributed by atoms with E-state index >= 15 is 0 Å². The summed E-state index contributed by atoms with van der Waals surface area (Å²) in [7, 11) is 0. The predicted molar refractivity (Wildman–Crippen MR) is 93.4 cm³/mol. The summed E-state index contributed by atoms with van der Waals surface area (Å²) in [5, 5.41) is 7.54. The Hall–Kier alpha value is -2.80. The van der Waals surface area contributed by atoms with Gasteiger partial charge in [0, 0.05) is 10.8 Å². The molecule has 3 rings (SSSR count). The third kappa shape index (κ3) is 3.57. The lowest BCUT2D eigenvalue weighted by Gasteiger charge is -2.03. The Morgan fingerprint density at radius 1 is 1.38 bits per heavy atom. The van der Waals surface area contributed by atoms with E-state index < -0.39 is 5.63 Å². The Labute approximate surface area is 141 Å². The minimum absolute atomic E-state index is 0.146. The zero-order chi connectivity index (χ0) is 17.1. The number of benzene rings is 1. The van der Waals surface area contributed by atoms with E-state index in [0.29, 0.717) is 22.6 Å². The molecule has 0 radical (unpaired) electrons. The molecule has 7 heteroatoms. The van der Waals surface area contributed by atoms with Gasteiger partial charge >= 0.3 is 5.63 Å². The quantitative estimate of drug-likeness (QED) is 0.449. The number of carbonyl (C=O) groups excluding carboxylic acids is 1. The number of hydrogen-bond donors (Lipinski definition) is 1. The number of fused-ring (bicyclic) bond motifs is 1. The number of aromatic nitrogens is 1. The SMILES string of the molecule is C/C(=N/NC(=O)Cc1csc(C)n1)c1cc2ccccc2oc1=O. The second-order valence-electron chi connectivity index (χ2n) is 5.25. The normalized spacial score (nSPS) is 11.7. The molecule has 0 spiro atoms. The van der Waals surface area contributed by atoms with Crippen LogP contribution in [-0.2, 0) is 11.2 Å². The molecule has 0 atom stereocenters. The number of rotatable bonds is 4. The van der Waals surface area contributed by atoms with Crippen LogP contribution in [0.4, 0.5) is 0 Å². The van der Waals surface area contributed by atoms with Crippen molar-refractivity contribution in [3.8, 4) is 0 Å². The zero-order valence-electron chi connectivity index (χ0n) is 13.2. The number of amides is 1. The molecule has 0 bridgehead atoms. The van der Waals surface area contributed by atoms with Crippen molar-refractivity contribution < 1.29 is 9.21 Å². The molecule has 3 aromatic rings. The van der Waals surface area contributed by atoms with E-state index in [4.69, 9.17) is 4.42 Å². The molecule has 0 fully saturated rings. The van der Waals surface area contributed by atoms with Crippen molar-refractivity contribution in [2.45, 2.75) is 20.3 Å². The molecular weight excluding hydrogens is 326 g/mol. The monoisotopic (exact) mass is 341 g/mol. The summed E-state index contributed by atoms with van der Waals surface area (Å²) in [5.74, 6) is -0.287. The van der Waals surface area contributed by atoms with E-state index in [1.807, 2.05) is 24.4 Å². The van der Waals surface area contributed by atoms with Crippen LogP contribution in [0.25, 0.3) is 11.0 Å². The zero-order valence-corrected chi connectivity index (χ0v) is 14.0. The fraction of sp³-hybridized carbons (Fsp3) is 0.176. The van der Waals surface area contributed by atoms with Gasteiger partial charge in [0.15, 0.2) is 0 Å². The molecule has 1 amide bonds. The summed E-state index contributed by atoms with van der Waals surface area (Å²) in [6.07, 6.45) is 0.146. The van der Waals surface area contributed by atoms with Crippen molar-refractivity contribution in [1.29, 1.82) is 0 Å². The van der Waals surface area contributed by atoms with Crippen LogP contribution in [0.15, 0.2) is 50.0 Å². The lowest BCUT2D eigenvalue weighted by molar-refractivity contribution is -0.120. The van der Waals surface area contributed by atoms with Crippen LogP contribution in [0, 0.1) is 6.92 Å². The minimum Gasteiger partial charge on any atom is -0.422 e. The Bertz CT molecular complexity index is 988. The Balaban J connectivity index is 1.77. The Morgan fingerprint density at radius 3 is 2.92 bits per heavy atom. The van der Waals surface area contributed by atoms with Gasteiger partial charge in [0.2, 0.25) is 5.91 Å². The number of aryl methyl sites for hydroxylation is 1. The number of nitrogens with zero attached hydrogens (tertiary/aromatic N) is 2. The summed E-state index contributed by atoms with van der Waals surface area (Å²) in [6.45, 7) is 3.53. The maximum absolute atomic E-state index is 12.0. The van der Waals surface area contributed by atoms with Crippen molar-refractivity contribution >= 4 is 33.9 Å². The molecular formula is C17H15N3O3S. The van der Waals surface area contributed by atoms with Gasteiger partial charge in [-0.1, -0.05) is 18.2 Å². The average Bonchev–Trinajstić information content (AvgIpc) is 2.96. The third-order valence-corrected chi connectivity index (χ3v) is 4.21. The van der Waals surface area contributed by atoms with Crippen LogP contribution in [0.5, 0.6) is 0 Å². The standard InChI is InChI=1S/C17H15N3O3S/c1-10(19-20-16(21)8-13-9-24-11(2)18-13)14-7-12-5-3-4-6-15(12)23-17(14)22/h3-7,9H,8H2,1-2H3,(H,20,21)/b19-10-. The second kappa shape index (κ2) is 6.76. The summed E-state index contributed by atoms with van der Waals surface area (Å²) in [5.41, 5.74) is 3.88. The highest BCUT2D eigenvalue weighted by Gasteiger charge is 2.10. The first-order chi connectivity index (χ1) is 11.5. The molecule has 6 nitrogen and oxygen atoms in total. The summed E-state index contributed by atoms with van der Waals surface area (Å²) < 4.78 is 5.26. The highest BCUT2D eigenvalue weighted by atomic mass is 32.1. The van der Waals surface area contributed by atoms with Crippen molar-refractivity contribution in [1.82, 2.24) is 10.4 Å². The molecule has 24 heavy (non-hydrogen) atoms. The fourth-order valence-corrected chi connectivity index (χ4v) is 2.83. The lowest BCUT2D eigenvalue weighted by atomic mass is 10.1. The number of thiazole rings is 1. The number of carbonyl (C=O) groups is 1. The van der Waals surface area contributed by atoms with Gasteiger partial charge in [-0.2, -0.15) is 5.10 Å². The van der Waals surface area contributed by atoms with Gasteiger partial charge in [-0.25, -0.2) is 15.2 Å². The number of hydrazone groups is 1. The van der Waals surface area contributed by atoms with E-state index in [0.717, 1.165) is 10.4 Å². The van der Waals surface area contributed by atoms with E-state index in [2.05, 4.69) is 15.5 Å². The first kappa shape index (κ1) is 16.1. The maximum atomic E-state index is 12.0. The topological polar surface area (TPSA) is 84.6 Å². The third-order valence-electron chi connectivity index (χ3n) is 3.39. The van der Waals surface area contributed by atoms with Gasteiger partial charge in [0.05, 0.1) is 28.4 Å². The number of para-hydroxylation sites is 1. The summed E-state index contributed by atoms with van der Waals surface area (Å²) in [4.78, 5) is 28.2. The average molecular weight is 341 g/mol. The second-order valence-corrected chi connectivity index (χ2v) is 6.31. The molecule has 0 aliphatic heterocycles. The lowest BCUT2D eigenvalue weighted by Crippen LogP contribution is -2.23. The van der Waals surface area contributed by atoms with Crippen LogP contribution < -0.4 is 11.1 Å². The first-order valence-corrected chi connectivity index (χ1v) is 8.18.